The number of carbonyl (C=O) groups is 1. The van der Waals surface area contributed by atoms with Crippen LogP contribution in [-0.4, -0.2) is 15.5 Å². The average Bonchev–Trinajstić information content (AvgIpc) is 3.23. The van der Waals surface area contributed by atoms with E-state index in [0.29, 0.717) is 12.5 Å². The summed E-state index contributed by atoms with van der Waals surface area (Å²) in [5, 5.41) is 6.37. The Balaban J connectivity index is 1.47. The van der Waals surface area contributed by atoms with Gasteiger partial charge >= 0.3 is 0 Å². The number of nitrogens with one attached hydrogen (secondary N) is 2. The smallest absolute Gasteiger partial charge is 0.224 e. The zero-order valence-corrected chi connectivity index (χ0v) is 11.8. The van der Waals surface area contributed by atoms with Crippen molar-refractivity contribution in [2.45, 2.75) is 38.3 Å². The van der Waals surface area contributed by atoms with Crippen LogP contribution in [0, 0.1) is 0 Å². The summed E-state index contributed by atoms with van der Waals surface area (Å²) < 4.78 is 2.27. The van der Waals surface area contributed by atoms with Gasteiger partial charge in [-0.25, -0.2) is 4.98 Å². The second-order valence-corrected chi connectivity index (χ2v) is 5.80. The fourth-order valence-corrected chi connectivity index (χ4v) is 2.84. The molecule has 0 radical (unpaired) electrons. The van der Waals surface area contributed by atoms with Crippen molar-refractivity contribution in [1.82, 2.24) is 9.55 Å². The van der Waals surface area contributed by atoms with Crippen LogP contribution in [0.4, 0.5) is 11.4 Å². The van der Waals surface area contributed by atoms with Gasteiger partial charge in [0.2, 0.25) is 5.91 Å². The number of imidazole rings is 1. The number of benzene rings is 1. The molecule has 0 unspecified atom stereocenters. The van der Waals surface area contributed by atoms with Gasteiger partial charge in [-0.3, -0.25) is 4.79 Å². The molecule has 1 aromatic carbocycles. The van der Waals surface area contributed by atoms with Crippen molar-refractivity contribution < 1.29 is 4.79 Å². The summed E-state index contributed by atoms with van der Waals surface area (Å²) in [5.41, 5.74) is 4.46. The first kappa shape index (κ1) is 12.4. The van der Waals surface area contributed by atoms with Crippen molar-refractivity contribution in [3.05, 3.63) is 42.0 Å². The van der Waals surface area contributed by atoms with Crippen molar-refractivity contribution in [3.8, 4) is 0 Å². The third-order valence-electron chi connectivity index (χ3n) is 4.16. The van der Waals surface area contributed by atoms with Gasteiger partial charge < -0.3 is 15.2 Å². The molecule has 1 aliphatic carbocycles. The van der Waals surface area contributed by atoms with Gasteiger partial charge in [0.25, 0.3) is 0 Å². The maximum absolute atomic E-state index is 11.4. The number of hydrogen-bond donors (Lipinski definition) is 2. The minimum Gasteiger partial charge on any atom is -0.379 e. The predicted octanol–water partition coefficient (Wildman–Crippen LogP) is 2.71. The molecule has 2 heterocycles. The molecule has 1 aromatic heterocycles. The largest absolute Gasteiger partial charge is 0.379 e. The van der Waals surface area contributed by atoms with E-state index in [1.807, 2.05) is 24.7 Å². The summed E-state index contributed by atoms with van der Waals surface area (Å²) >= 11 is 0. The molecule has 1 saturated carbocycles. The molecule has 5 nitrogen and oxygen atoms in total. The minimum atomic E-state index is 0.108. The molecule has 5 heteroatoms. The maximum atomic E-state index is 11.4. The Morgan fingerprint density at radius 2 is 2.24 bits per heavy atom. The van der Waals surface area contributed by atoms with Gasteiger partial charge in [-0.05, 0) is 43.0 Å². The third-order valence-corrected chi connectivity index (χ3v) is 4.16. The van der Waals surface area contributed by atoms with E-state index in [9.17, 15) is 4.79 Å². The Labute approximate surface area is 123 Å². The summed E-state index contributed by atoms with van der Waals surface area (Å²) in [5.74, 6) is 0.108. The monoisotopic (exact) mass is 282 g/mol. The second kappa shape index (κ2) is 4.91. The summed E-state index contributed by atoms with van der Waals surface area (Å²) in [4.78, 5) is 15.6. The van der Waals surface area contributed by atoms with E-state index in [1.54, 1.807) is 0 Å². The van der Waals surface area contributed by atoms with Crippen LogP contribution in [0.1, 0.15) is 36.6 Å². The quantitative estimate of drug-likeness (QED) is 0.906. The first-order valence-corrected chi connectivity index (χ1v) is 7.47. The lowest BCUT2D eigenvalue weighted by molar-refractivity contribution is -0.116. The molecule has 2 aromatic rings. The van der Waals surface area contributed by atoms with Gasteiger partial charge in [0.15, 0.2) is 0 Å². The molecule has 2 aliphatic rings. The van der Waals surface area contributed by atoms with Crippen molar-refractivity contribution in [2.24, 2.45) is 0 Å². The standard InChI is InChI=1S/C16H18N4O/c21-16-6-1-11-7-12(2-5-15(11)19-16)18-9-14-8-17-10-20(14)13-3-4-13/h2,5,7-8,10,13,18H,1,3-4,6,9H2,(H,19,21). The number of aromatic nitrogens is 2. The van der Waals surface area contributed by atoms with Crippen molar-refractivity contribution in [1.29, 1.82) is 0 Å². The van der Waals surface area contributed by atoms with E-state index in [-0.39, 0.29) is 5.91 Å². The lowest BCUT2D eigenvalue weighted by Gasteiger charge is -2.18. The summed E-state index contributed by atoms with van der Waals surface area (Å²) in [6, 6.07) is 6.78. The van der Waals surface area contributed by atoms with Crippen LogP contribution in [-0.2, 0) is 17.8 Å². The number of fused-ring (bicyclic) bond motifs is 1. The van der Waals surface area contributed by atoms with Gasteiger partial charge in [-0.15, -0.1) is 0 Å². The van der Waals surface area contributed by atoms with Crippen molar-refractivity contribution in [3.63, 3.8) is 0 Å². The normalized spacial score (nSPS) is 17.2. The molecular formula is C16H18N4O. The molecule has 4 rings (SSSR count). The van der Waals surface area contributed by atoms with Crippen LogP contribution in [0.2, 0.25) is 0 Å². The van der Waals surface area contributed by atoms with Crippen molar-refractivity contribution in [2.75, 3.05) is 10.6 Å². The topological polar surface area (TPSA) is 59.0 Å². The maximum Gasteiger partial charge on any atom is 0.224 e. The fourth-order valence-electron chi connectivity index (χ4n) is 2.84. The van der Waals surface area contributed by atoms with E-state index in [4.69, 9.17) is 0 Å². The first-order chi connectivity index (χ1) is 10.3. The molecule has 2 N–H and O–H groups in total. The van der Waals surface area contributed by atoms with E-state index in [0.717, 1.165) is 24.3 Å². The molecule has 0 atom stereocenters. The number of carbonyl (C=O) groups excluding carboxylic acids is 1. The lowest BCUT2D eigenvalue weighted by Crippen LogP contribution is -2.19. The van der Waals surface area contributed by atoms with E-state index < -0.39 is 0 Å². The Hall–Kier alpha value is -2.30. The minimum absolute atomic E-state index is 0.108. The Morgan fingerprint density at radius 1 is 1.33 bits per heavy atom. The van der Waals surface area contributed by atoms with E-state index in [2.05, 4.69) is 26.3 Å². The number of anilines is 2. The van der Waals surface area contributed by atoms with Crippen LogP contribution in [0.3, 0.4) is 0 Å². The first-order valence-electron chi connectivity index (χ1n) is 7.47. The van der Waals surface area contributed by atoms with Crippen LogP contribution >= 0.6 is 0 Å². The van der Waals surface area contributed by atoms with Gasteiger partial charge in [0.1, 0.15) is 0 Å². The Bertz CT molecular complexity index is 687. The number of rotatable bonds is 4. The van der Waals surface area contributed by atoms with Crippen molar-refractivity contribution >= 4 is 17.3 Å². The van der Waals surface area contributed by atoms with Gasteiger partial charge in [-0.1, -0.05) is 0 Å². The molecule has 0 spiro atoms. The molecule has 108 valence electrons. The second-order valence-electron chi connectivity index (χ2n) is 5.80. The van der Waals surface area contributed by atoms with Gasteiger partial charge in [0.05, 0.1) is 18.6 Å². The molecule has 1 aliphatic heterocycles. The van der Waals surface area contributed by atoms with Crippen LogP contribution < -0.4 is 10.6 Å². The highest BCUT2D eigenvalue weighted by atomic mass is 16.1. The Kier molecular flexibility index (Phi) is 2.91. The van der Waals surface area contributed by atoms with Crippen LogP contribution in [0.5, 0.6) is 0 Å². The highest BCUT2D eigenvalue weighted by Crippen LogP contribution is 2.35. The summed E-state index contributed by atoms with van der Waals surface area (Å²) in [6.07, 6.45) is 7.78. The Morgan fingerprint density at radius 3 is 3.10 bits per heavy atom. The number of amides is 1. The predicted molar refractivity (Wildman–Crippen MR) is 81.2 cm³/mol. The SMILES string of the molecule is O=C1CCc2cc(NCc3cncn3C3CC3)ccc2N1. The zero-order chi connectivity index (χ0) is 14.2. The molecule has 1 fully saturated rings. The van der Waals surface area contributed by atoms with Gasteiger partial charge in [0, 0.05) is 30.0 Å². The molecule has 21 heavy (non-hydrogen) atoms. The molecule has 0 saturated heterocycles. The molecule has 1 amide bonds. The van der Waals surface area contributed by atoms with Crippen LogP contribution in [0.15, 0.2) is 30.7 Å². The number of nitrogens with zero attached hydrogens (tertiary/aromatic N) is 2. The number of hydrogen-bond acceptors (Lipinski definition) is 3. The summed E-state index contributed by atoms with van der Waals surface area (Å²) in [7, 11) is 0. The van der Waals surface area contributed by atoms with Gasteiger partial charge in [-0.2, -0.15) is 0 Å². The molecular weight excluding hydrogens is 264 g/mol. The highest BCUT2D eigenvalue weighted by Gasteiger charge is 2.25. The highest BCUT2D eigenvalue weighted by molar-refractivity contribution is 5.94. The van der Waals surface area contributed by atoms with E-state index >= 15 is 0 Å². The van der Waals surface area contributed by atoms with E-state index in [1.165, 1.54) is 24.1 Å². The lowest BCUT2D eigenvalue weighted by atomic mass is 10.0. The fraction of sp³-hybridized carbons (Fsp3) is 0.375. The average molecular weight is 282 g/mol. The molecule has 0 bridgehead atoms. The van der Waals surface area contributed by atoms with Crippen LogP contribution in [0.25, 0.3) is 0 Å². The third kappa shape index (κ3) is 2.51. The summed E-state index contributed by atoms with van der Waals surface area (Å²) in [6.45, 7) is 0.779. The zero-order valence-electron chi connectivity index (χ0n) is 11.8. The number of aryl methyl sites for hydroxylation is 1.